The zero-order chi connectivity index (χ0) is 21.3. The van der Waals surface area contributed by atoms with Crippen molar-refractivity contribution in [3.05, 3.63) is 42.5 Å². The zero-order valence-corrected chi connectivity index (χ0v) is 16.4. The maximum absolute atomic E-state index is 13.8. The molecule has 0 saturated carbocycles. The van der Waals surface area contributed by atoms with Crippen molar-refractivity contribution in [1.29, 1.82) is 5.26 Å². The Kier molecular flexibility index (Phi) is 5.42. The van der Waals surface area contributed by atoms with E-state index in [0.717, 1.165) is 16.5 Å². The number of carbonyl (C=O) groups excluding carboxylic acids is 3. The van der Waals surface area contributed by atoms with Gasteiger partial charge in [0.2, 0.25) is 17.7 Å². The number of para-hydroxylation sites is 1. The Balaban J connectivity index is 1.96. The Labute approximate surface area is 168 Å². The van der Waals surface area contributed by atoms with E-state index in [4.69, 9.17) is 0 Å². The number of benzene rings is 1. The molecule has 0 aromatic heterocycles. The minimum absolute atomic E-state index is 0.000192. The first-order valence-electron chi connectivity index (χ1n) is 9.39. The van der Waals surface area contributed by atoms with Crippen LogP contribution in [0.25, 0.3) is 0 Å². The van der Waals surface area contributed by atoms with Gasteiger partial charge in [0.1, 0.15) is 12.1 Å². The fraction of sp³-hybridized carbons (Fsp3) is 0.429. The van der Waals surface area contributed by atoms with E-state index < -0.39 is 35.5 Å². The van der Waals surface area contributed by atoms with Crippen LogP contribution in [-0.2, 0) is 19.8 Å². The van der Waals surface area contributed by atoms with Crippen LogP contribution in [0, 0.1) is 11.3 Å². The summed E-state index contributed by atoms with van der Waals surface area (Å²) in [6, 6.07) is 7.33. The third-order valence-corrected chi connectivity index (χ3v) is 5.74. The Bertz CT molecular complexity index is 909. The summed E-state index contributed by atoms with van der Waals surface area (Å²) in [7, 11) is 1.40. The molecular weight excluding hydrogens is 375 g/mol. The average molecular weight is 398 g/mol. The number of nitriles is 1. The quantitative estimate of drug-likeness (QED) is 0.765. The number of amides is 3. The third kappa shape index (κ3) is 3.37. The number of carbonyl (C=O) groups is 3. The van der Waals surface area contributed by atoms with E-state index in [9.17, 15) is 24.0 Å². The van der Waals surface area contributed by atoms with E-state index in [-0.39, 0.29) is 25.3 Å². The van der Waals surface area contributed by atoms with Crippen molar-refractivity contribution >= 4 is 23.4 Å². The summed E-state index contributed by atoms with van der Waals surface area (Å²) in [5.41, 5.74) is 0.377. The molecule has 7 nitrogen and oxygen atoms in total. The molecule has 2 aliphatic rings. The van der Waals surface area contributed by atoms with Crippen LogP contribution in [0.3, 0.4) is 0 Å². The van der Waals surface area contributed by atoms with Gasteiger partial charge in [-0.15, -0.1) is 0 Å². The van der Waals surface area contributed by atoms with Crippen molar-refractivity contribution in [3.63, 3.8) is 0 Å². The second kappa shape index (κ2) is 7.66. The molecule has 0 radical (unpaired) electrons. The first kappa shape index (κ1) is 20.5. The molecule has 2 aliphatic heterocycles. The molecule has 29 heavy (non-hydrogen) atoms. The highest BCUT2D eigenvalue weighted by Crippen LogP contribution is 2.46. The number of likely N-dealkylation sites (tertiary alicyclic amines) is 1. The molecule has 4 atom stereocenters. The molecule has 1 spiro atoms. The molecule has 152 valence electrons. The van der Waals surface area contributed by atoms with Gasteiger partial charge in [0.05, 0.1) is 17.7 Å². The van der Waals surface area contributed by atoms with E-state index in [0.29, 0.717) is 5.69 Å². The molecule has 3 amide bonds. The van der Waals surface area contributed by atoms with Crippen LogP contribution in [0.15, 0.2) is 36.9 Å². The van der Waals surface area contributed by atoms with Gasteiger partial charge in [-0.05, 0) is 24.6 Å². The summed E-state index contributed by atoms with van der Waals surface area (Å²) in [4.78, 5) is 40.6. The second-order valence-corrected chi connectivity index (χ2v) is 7.58. The van der Waals surface area contributed by atoms with Crippen molar-refractivity contribution in [2.75, 3.05) is 18.9 Å². The highest BCUT2D eigenvalue weighted by molar-refractivity contribution is 6.07. The Morgan fingerprint density at radius 3 is 2.83 bits per heavy atom. The van der Waals surface area contributed by atoms with E-state index in [1.165, 1.54) is 18.9 Å². The summed E-state index contributed by atoms with van der Waals surface area (Å²) >= 11 is 0. The number of nitrogens with zero attached hydrogens (tertiary/aromatic N) is 3. The summed E-state index contributed by atoms with van der Waals surface area (Å²) in [5, 5.41) is 12.5. The smallest absolute Gasteiger partial charge is 0.246 e. The predicted octanol–water partition coefficient (Wildman–Crippen LogP) is 1.76. The number of rotatable bonds is 5. The van der Waals surface area contributed by atoms with Crippen molar-refractivity contribution < 1.29 is 18.8 Å². The van der Waals surface area contributed by atoms with Crippen LogP contribution >= 0.6 is 0 Å². The second-order valence-electron chi connectivity index (χ2n) is 7.58. The number of anilines is 1. The Hall–Kier alpha value is -3.21. The van der Waals surface area contributed by atoms with Gasteiger partial charge in [-0.2, -0.15) is 5.26 Å². The molecular formula is C21H23FN4O3. The van der Waals surface area contributed by atoms with E-state index >= 15 is 0 Å². The minimum Gasteiger partial charge on any atom is -0.330 e. The van der Waals surface area contributed by atoms with Gasteiger partial charge in [-0.25, -0.2) is 4.39 Å². The van der Waals surface area contributed by atoms with Crippen LogP contribution in [0.5, 0.6) is 0 Å². The summed E-state index contributed by atoms with van der Waals surface area (Å²) in [6.45, 7) is 4.72. The molecule has 3 rings (SSSR count). The normalized spacial score (nSPS) is 24.4. The molecule has 1 saturated heterocycles. The topological polar surface area (TPSA) is 93.5 Å². The molecule has 1 aromatic rings. The highest BCUT2D eigenvalue weighted by Gasteiger charge is 2.56. The molecule has 8 heteroatoms. The standard InChI is InChI=1S/C21H23FN4O3/c1-4-18(27)25(3)17(9-13(2)22)19(28)26-12-21(10-14(26)11-23)15-7-5-6-8-16(15)24-20(21)29/h4-8,13-14,17H,1,9-10,12H2,2-3H3,(H,24,29)/t13?,14-,17-,21-/m0/s1. The Morgan fingerprint density at radius 2 is 2.21 bits per heavy atom. The predicted molar refractivity (Wildman–Crippen MR) is 104 cm³/mol. The first-order valence-corrected chi connectivity index (χ1v) is 9.39. The van der Waals surface area contributed by atoms with E-state index in [1.54, 1.807) is 18.2 Å². The number of nitrogens with one attached hydrogen (secondary N) is 1. The van der Waals surface area contributed by atoms with Crippen molar-refractivity contribution in [1.82, 2.24) is 9.80 Å². The van der Waals surface area contributed by atoms with E-state index in [1.807, 2.05) is 6.07 Å². The van der Waals surface area contributed by atoms with Crippen LogP contribution in [-0.4, -0.2) is 59.4 Å². The molecule has 0 aliphatic carbocycles. The van der Waals surface area contributed by atoms with Gasteiger partial charge in [-0.1, -0.05) is 24.8 Å². The number of alkyl halides is 1. The Morgan fingerprint density at radius 1 is 1.52 bits per heavy atom. The molecule has 2 heterocycles. The SMILES string of the molecule is C=CC(=O)N(C)[C@@H](CC(C)F)C(=O)N1C[C@]2(C[C@H]1C#N)C(=O)Nc1ccccc12. The maximum atomic E-state index is 13.8. The summed E-state index contributed by atoms with van der Waals surface area (Å²) in [5.74, 6) is -1.33. The van der Waals surface area contributed by atoms with Gasteiger partial charge < -0.3 is 15.1 Å². The molecule has 1 unspecified atom stereocenters. The molecule has 1 aromatic carbocycles. The highest BCUT2D eigenvalue weighted by atomic mass is 19.1. The lowest BCUT2D eigenvalue weighted by Gasteiger charge is -2.32. The van der Waals surface area contributed by atoms with Gasteiger partial charge >= 0.3 is 0 Å². The van der Waals surface area contributed by atoms with Gasteiger partial charge in [-0.3, -0.25) is 14.4 Å². The van der Waals surface area contributed by atoms with Crippen molar-refractivity contribution in [2.45, 2.75) is 43.4 Å². The number of likely N-dealkylation sites (N-methyl/N-ethyl adjacent to an activating group) is 1. The molecule has 1 N–H and O–H groups in total. The lowest BCUT2D eigenvalue weighted by atomic mass is 9.80. The third-order valence-electron chi connectivity index (χ3n) is 5.74. The first-order chi connectivity index (χ1) is 13.7. The van der Waals surface area contributed by atoms with Gasteiger partial charge in [0, 0.05) is 32.1 Å². The van der Waals surface area contributed by atoms with Gasteiger partial charge in [0.15, 0.2) is 0 Å². The van der Waals surface area contributed by atoms with Crippen molar-refractivity contribution in [2.24, 2.45) is 0 Å². The average Bonchev–Trinajstić information content (AvgIpc) is 3.23. The summed E-state index contributed by atoms with van der Waals surface area (Å²) < 4.78 is 13.8. The lowest BCUT2D eigenvalue weighted by Crippen LogP contribution is -2.51. The number of halogens is 1. The van der Waals surface area contributed by atoms with Crippen LogP contribution < -0.4 is 5.32 Å². The monoisotopic (exact) mass is 398 g/mol. The fourth-order valence-electron chi connectivity index (χ4n) is 4.21. The number of fused-ring (bicyclic) bond motifs is 2. The minimum atomic E-state index is -1.34. The van der Waals surface area contributed by atoms with Crippen molar-refractivity contribution in [3.8, 4) is 6.07 Å². The molecule has 0 bridgehead atoms. The van der Waals surface area contributed by atoms with Gasteiger partial charge in [0.25, 0.3) is 0 Å². The molecule has 1 fully saturated rings. The number of hydrogen-bond donors (Lipinski definition) is 1. The van der Waals surface area contributed by atoms with Crippen LogP contribution in [0.1, 0.15) is 25.3 Å². The van der Waals surface area contributed by atoms with Crippen LogP contribution in [0.2, 0.25) is 0 Å². The number of hydrogen-bond acceptors (Lipinski definition) is 4. The maximum Gasteiger partial charge on any atom is 0.246 e. The fourth-order valence-corrected chi connectivity index (χ4v) is 4.21. The van der Waals surface area contributed by atoms with Crippen LogP contribution in [0.4, 0.5) is 10.1 Å². The summed E-state index contributed by atoms with van der Waals surface area (Å²) in [6.07, 6.45) is -0.345. The zero-order valence-electron chi connectivity index (χ0n) is 16.4. The van der Waals surface area contributed by atoms with E-state index in [2.05, 4.69) is 18.0 Å². The largest absolute Gasteiger partial charge is 0.330 e. The lowest BCUT2D eigenvalue weighted by molar-refractivity contribution is -0.143.